The fourth-order valence-corrected chi connectivity index (χ4v) is 2.56. The summed E-state index contributed by atoms with van der Waals surface area (Å²) in [5.41, 5.74) is 0. The van der Waals surface area contributed by atoms with Gasteiger partial charge < -0.3 is 4.74 Å². The summed E-state index contributed by atoms with van der Waals surface area (Å²) in [4.78, 5) is 10.8. The van der Waals surface area contributed by atoms with Gasteiger partial charge in [0.15, 0.2) is 0 Å². The Hall–Kier alpha value is -1.57. The molecule has 2 heteroatoms. The zero-order valence-corrected chi connectivity index (χ0v) is 16.4. The quantitative estimate of drug-likeness (QED) is 0.129. The number of methoxy groups -OCH3 is 1. The van der Waals surface area contributed by atoms with E-state index < -0.39 is 0 Å². The van der Waals surface area contributed by atoms with Gasteiger partial charge in [0.1, 0.15) is 0 Å². The summed E-state index contributed by atoms with van der Waals surface area (Å²) in [6.45, 7) is 2.27. The first-order valence-corrected chi connectivity index (χ1v) is 10.1. The lowest BCUT2D eigenvalue weighted by molar-refractivity contribution is -0.134. The highest BCUT2D eigenvalue weighted by atomic mass is 16.5. The third-order valence-electron chi connectivity index (χ3n) is 4.10. The number of hydrogen-bond donors (Lipinski definition) is 0. The van der Waals surface area contributed by atoms with Crippen molar-refractivity contribution < 1.29 is 9.53 Å². The van der Waals surface area contributed by atoms with Gasteiger partial charge in [-0.1, -0.05) is 114 Å². The van der Waals surface area contributed by atoms with Crippen LogP contribution in [-0.2, 0) is 9.53 Å². The minimum absolute atomic E-state index is 0.333. The van der Waals surface area contributed by atoms with Crippen molar-refractivity contribution in [3.8, 4) is 0 Å². The number of carbonyl (C=O) groups is 1. The molecule has 0 aromatic rings. The zero-order valence-electron chi connectivity index (χ0n) is 16.4. The molecule has 0 aliphatic carbocycles. The van der Waals surface area contributed by atoms with Crippen LogP contribution in [0, 0.1) is 0 Å². The lowest BCUT2D eigenvalue weighted by Gasteiger charge is -2.01. The summed E-state index contributed by atoms with van der Waals surface area (Å²) in [6, 6.07) is 0. The molecule has 0 unspecified atom stereocenters. The Morgan fingerprint density at radius 3 is 1.72 bits per heavy atom. The second kappa shape index (κ2) is 20.5. The molecule has 0 spiro atoms. The van der Waals surface area contributed by atoms with E-state index in [1.165, 1.54) is 83.8 Å². The molecule has 142 valence electrons. The molecule has 0 saturated carbocycles. The average molecular weight is 347 g/mol. The van der Waals surface area contributed by atoms with Gasteiger partial charge in [-0.3, -0.25) is 0 Å². The molecular formula is C23H38O2. The average Bonchev–Trinajstić information content (AvgIpc) is 2.63. The Kier molecular flexibility index (Phi) is 19.2. The number of carbonyl (C=O) groups excluding carboxylic acids is 1. The van der Waals surface area contributed by atoms with Crippen molar-refractivity contribution in [1.82, 2.24) is 0 Å². The molecule has 0 heterocycles. The molecule has 2 nitrogen and oxygen atoms in total. The van der Waals surface area contributed by atoms with Crippen LogP contribution in [0.1, 0.15) is 84.0 Å². The van der Waals surface area contributed by atoms with Crippen molar-refractivity contribution in [2.75, 3.05) is 7.11 Å². The number of unbranched alkanes of at least 4 members (excludes halogenated alkanes) is 11. The summed E-state index contributed by atoms with van der Waals surface area (Å²) in [6.07, 6.45) is 31.5. The molecule has 0 fully saturated rings. The SMILES string of the molecule is CCCCCCCCCCCCC/C=C/C=C/C=C/C=C/C(=O)OC. The highest BCUT2D eigenvalue weighted by Gasteiger charge is 1.92. The van der Waals surface area contributed by atoms with Crippen molar-refractivity contribution in [3.05, 3.63) is 48.6 Å². The van der Waals surface area contributed by atoms with Crippen LogP contribution in [0.25, 0.3) is 0 Å². The summed E-state index contributed by atoms with van der Waals surface area (Å²) in [7, 11) is 1.37. The molecule has 0 aromatic heterocycles. The number of esters is 1. The van der Waals surface area contributed by atoms with E-state index in [2.05, 4.69) is 23.8 Å². The fourth-order valence-electron chi connectivity index (χ4n) is 2.56. The number of ether oxygens (including phenoxy) is 1. The van der Waals surface area contributed by atoms with Crippen LogP contribution in [0.5, 0.6) is 0 Å². The Balaban J connectivity index is 3.35. The van der Waals surface area contributed by atoms with E-state index in [1.54, 1.807) is 6.08 Å². The van der Waals surface area contributed by atoms with Crippen LogP contribution in [-0.4, -0.2) is 13.1 Å². The van der Waals surface area contributed by atoms with E-state index in [-0.39, 0.29) is 5.97 Å². The van der Waals surface area contributed by atoms with Gasteiger partial charge in [-0.05, 0) is 12.8 Å². The molecule has 0 atom stereocenters. The number of rotatable bonds is 16. The van der Waals surface area contributed by atoms with E-state index in [0.29, 0.717) is 0 Å². The molecule has 0 saturated heterocycles. The predicted octanol–water partition coefficient (Wildman–Crippen LogP) is 7.09. The third kappa shape index (κ3) is 20.4. The second-order valence-corrected chi connectivity index (χ2v) is 6.40. The molecule has 0 bridgehead atoms. The van der Waals surface area contributed by atoms with Crippen molar-refractivity contribution in [2.45, 2.75) is 84.0 Å². The van der Waals surface area contributed by atoms with Crippen LogP contribution in [0.3, 0.4) is 0 Å². The van der Waals surface area contributed by atoms with E-state index in [4.69, 9.17) is 0 Å². The third-order valence-corrected chi connectivity index (χ3v) is 4.10. The van der Waals surface area contributed by atoms with Crippen molar-refractivity contribution in [1.29, 1.82) is 0 Å². The first kappa shape index (κ1) is 23.4. The summed E-state index contributed by atoms with van der Waals surface area (Å²) < 4.78 is 4.50. The van der Waals surface area contributed by atoms with E-state index >= 15 is 0 Å². The van der Waals surface area contributed by atoms with Gasteiger partial charge in [0, 0.05) is 6.08 Å². The summed E-state index contributed by atoms with van der Waals surface area (Å²) >= 11 is 0. The Morgan fingerprint density at radius 2 is 1.16 bits per heavy atom. The van der Waals surface area contributed by atoms with Gasteiger partial charge in [-0.2, -0.15) is 0 Å². The van der Waals surface area contributed by atoms with Crippen LogP contribution >= 0.6 is 0 Å². The minimum Gasteiger partial charge on any atom is -0.466 e. The van der Waals surface area contributed by atoms with Crippen LogP contribution in [0.2, 0.25) is 0 Å². The maximum Gasteiger partial charge on any atom is 0.330 e. The first-order chi connectivity index (χ1) is 12.3. The summed E-state index contributed by atoms with van der Waals surface area (Å²) in [5, 5.41) is 0. The first-order valence-electron chi connectivity index (χ1n) is 10.1. The normalized spacial score (nSPS) is 12.2. The van der Waals surface area contributed by atoms with Crippen molar-refractivity contribution in [2.24, 2.45) is 0 Å². The lowest BCUT2D eigenvalue weighted by Crippen LogP contribution is -1.92. The number of hydrogen-bond acceptors (Lipinski definition) is 2. The highest BCUT2D eigenvalue weighted by molar-refractivity contribution is 5.82. The Labute approximate surface area is 155 Å². The van der Waals surface area contributed by atoms with Crippen LogP contribution < -0.4 is 0 Å². The van der Waals surface area contributed by atoms with Gasteiger partial charge in [-0.15, -0.1) is 0 Å². The molecule has 0 aliphatic heterocycles. The van der Waals surface area contributed by atoms with Crippen LogP contribution in [0.4, 0.5) is 0 Å². The largest absolute Gasteiger partial charge is 0.466 e. The topological polar surface area (TPSA) is 26.3 Å². The molecule has 0 rings (SSSR count). The molecule has 0 aliphatic rings. The lowest BCUT2D eigenvalue weighted by atomic mass is 10.1. The maximum absolute atomic E-state index is 10.8. The molecule has 0 N–H and O–H groups in total. The van der Waals surface area contributed by atoms with Crippen LogP contribution in [0.15, 0.2) is 48.6 Å². The highest BCUT2D eigenvalue weighted by Crippen LogP contribution is 2.11. The van der Waals surface area contributed by atoms with Gasteiger partial charge in [0.25, 0.3) is 0 Å². The van der Waals surface area contributed by atoms with Gasteiger partial charge in [-0.25, -0.2) is 4.79 Å². The maximum atomic E-state index is 10.8. The Bertz CT molecular complexity index is 402. The Morgan fingerprint density at radius 1 is 0.680 bits per heavy atom. The standard InChI is InChI=1S/C23H38O2/c1-3-4-5-6-7-8-9-10-11-12-13-14-15-16-17-18-19-20-21-22-23(24)25-2/h15-22H,3-14H2,1-2H3/b16-15+,18-17+,20-19+,22-21+. The van der Waals surface area contributed by atoms with Crippen molar-refractivity contribution in [3.63, 3.8) is 0 Å². The van der Waals surface area contributed by atoms with Gasteiger partial charge >= 0.3 is 5.97 Å². The zero-order chi connectivity index (χ0) is 18.4. The predicted molar refractivity (Wildman–Crippen MR) is 110 cm³/mol. The monoisotopic (exact) mass is 346 g/mol. The molecular weight excluding hydrogens is 308 g/mol. The smallest absolute Gasteiger partial charge is 0.330 e. The molecule has 0 radical (unpaired) electrons. The van der Waals surface area contributed by atoms with Gasteiger partial charge in [0.2, 0.25) is 0 Å². The van der Waals surface area contributed by atoms with Crippen molar-refractivity contribution >= 4 is 5.97 Å². The molecule has 0 aromatic carbocycles. The molecule has 0 amide bonds. The number of allylic oxidation sites excluding steroid dienone is 7. The fraction of sp³-hybridized carbons (Fsp3) is 0.609. The van der Waals surface area contributed by atoms with E-state index in [9.17, 15) is 4.79 Å². The second-order valence-electron chi connectivity index (χ2n) is 6.40. The van der Waals surface area contributed by atoms with Gasteiger partial charge in [0.05, 0.1) is 7.11 Å². The molecule has 25 heavy (non-hydrogen) atoms. The van der Waals surface area contributed by atoms with E-state index in [1.807, 2.05) is 24.3 Å². The minimum atomic E-state index is -0.333. The van der Waals surface area contributed by atoms with E-state index in [0.717, 1.165) is 6.42 Å². The summed E-state index contributed by atoms with van der Waals surface area (Å²) in [5.74, 6) is -0.333.